The number of benzene rings is 1. The van der Waals surface area contributed by atoms with Crippen LogP contribution in [0.5, 0.6) is 0 Å². The summed E-state index contributed by atoms with van der Waals surface area (Å²) < 4.78 is 5.16. The van der Waals surface area contributed by atoms with Gasteiger partial charge in [0.15, 0.2) is 0 Å². The van der Waals surface area contributed by atoms with Crippen LogP contribution in [0.1, 0.15) is 24.3 Å². The first-order chi connectivity index (χ1) is 7.83. The van der Waals surface area contributed by atoms with E-state index in [0.717, 1.165) is 0 Å². The van der Waals surface area contributed by atoms with Gasteiger partial charge in [-0.25, -0.2) is 0 Å². The summed E-state index contributed by atoms with van der Waals surface area (Å²) in [5, 5.41) is 1.43. The fourth-order valence-corrected chi connectivity index (χ4v) is 3.56. The number of hydrogen-bond donors (Lipinski definition) is 0. The van der Waals surface area contributed by atoms with Crippen molar-refractivity contribution in [2.24, 2.45) is 0 Å². The zero-order valence-corrected chi connectivity index (χ0v) is 12.6. The molecule has 0 bridgehead atoms. The van der Waals surface area contributed by atoms with Gasteiger partial charge in [-0.2, -0.15) is 4.57 Å². The minimum Gasteiger partial charge on any atom is -0.186 e. The van der Waals surface area contributed by atoms with Crippen LogP contribution < -0.4 is 4.57 Å². The zero-order chi connectivity index (χ0) is 11.4. The Morgan fingerprint density at radius 1 is 1.19 bits per heavy atom. The second-order valence-corrected chi connectivity index (χ2v) is 6.30. The number of para-hydroxylation sites is 1. The summed E-state index contributed by atoms with van der Waals surface area (Å²) in [5.74, 6) is 0. The van der Waals surface area contributed by atoms with E-state index in [1.165, 1.54) is 45.5 Å². The van der Waals surface area contributed by atoms with E-state index in [2.05, 4.69) is 58.3 Å². The van der Waals surface area contributed by atoms with E-state index in [1.807, 2.05) is 11.3 Å². The van der Waals surface area contributed by atoms with Crippen LogP contribution >= 0.6 is 33.9 Å². The predicted octanol–water partition coefficient (Wildman–Crippen LogP) is 4.10. The Balaban J connectivity index is 2.13. The molecule has 0 radical (unpaired) electrons. The van der Waals surface area contributed by atoms with E-state index in [1.54, 1.807) is 0 Å². The first kappa shape index (κ1) is 12.3. The molecule has 2 aromatic rings. The highest BCUT2D eigenvalue weighted by Gasteiger charge is 2.15. The van der Waals surface area contributed by atoms with Crippen molar-refractivity contribution in [3.05, 3.63) is 29.3 Å². The molecular formula is C13H17INS+. The van der Waals surface area contributed by atoms with Gasteiger partial charge in [0, 0.05) is 19.4 Å². The molecule has 0 atom stereocenters. The smallest absolute Gasteiger partial charge is 0.186 e. The summed E-state index contributed by atoms with van der Waals surface area (Å²) in [6, 6.07) is 8.71. The van der Waals surface area contributed by atoms with Crippen molar-refractivity contribution in [1.82, 2.24) is 0 Å². The van der Waals surface area contributed by atoms with Crippen LogP contribution in [0, 0.1) is 6.92 Å². The lowest BCUT2D eigenvalue weighted by atomic mass is 10.2. The number of thiazole rings is 1. The SMILES string of the molecule is Cc1sc2ccccc2[n+]1CCCCCI. The minimum atomic E-state index is 1.17. The number of nitrogens with zero attached hydrogens (tertiary/aromatic N) is 1. The van der Waals surface area contributed by atoms with Gasteiger partial charge in [-0.15, -0.1) is 0 Å². The van der Waals surface area contributed by atoms with Crippen molar-refractivity contribution >= 4 is 44.1 Å². The Labute approximate surface area is 115 Å². The third kappa shape index (κ3) is 2.74. The van der Waals surface area contributed by atoms with Crippen LogP contribution in [0.2, 0.25) is 0 Å². The topological polar surface area (TPSA) is 3.88 Å². The lowest BCUT2D eigenvalue weighted by molar-refractivity contribution is -0.673. The van der Waals surface area contributed by atoms with Gasteiger partial charge in [0.25, 0.3) is 0 Å². The van der Waals surface area contributed by atoms with Gasteiger partial charge in [-0.1, -0.05) is 46.1 Å². The summed E-state index contributed by atoms with van der Waals surface area (Å²) in [4.78, 5) is 0. The number of fused-ring (bicyclic) bond motifs is 1. The molecule has 86 valence electrons. The summed E-state index contributed by atoms with van der Waals surface area (Å²) >= 11 is 4.36. The van der Waals surface area contributed by atoms with Gasteiger partial charge in [0.2, 0.25) is 10.5 Å². The zero-order valence-electron chi connectivity index (χ0n) is 9.58. The standard InChI is InChI=1S/C13H17INS/c1-11-15(10-6-2-5-9-14)12-7-3-4-8-13(12)16-11/h3-4,7-8H,2,5-6,9-10H2,1H3/q+1. The number of unbranched alkanes of at least 4 members (excludes halogenated alkanes) is 2. The molecule has 0 aliphatic heterocycles. The van der Waals surface area contributed by atoms with Crippen molar-refractivity contribution in [2.75, 3.05) is 4.43 Å². The average Bonchev–Trinajstić information content (AvgIpc) is 2.61. The monoisotopic (exact) mass is 346 g/mol. The molecule has 0 fully saturated rings. The Morgan fingerprint density at radius 2 is 2.00 bits per heavy atom. The lowest BCUT2D eigenvalue weighted by Crippen LogP contribution is -2.34. The molecule has 0 saturated carbocycles. The Morgan fingerprint density at radius 3 is 2.81 bits per heavy atom. The summed E-state index contributed by atoms with van der Waals surface area (Å²) in [6.07, 6.45) is 4.00. The third-order valence-corrected chi connectivity index (χ3v) is 4.65. The van der Waals surface area contributed by atoms with Gasteiger partial charge in [-0.05, 0) is 23.3 Å². The van der Waals surface area contributed by atoms with E-state index >= 15 is 0 Å². The number of hydrogen-bond acceptors (Lipinski definition) is 1. The Hall–Kier alpha value is -0.160. The number of aryl methyl sites for hydroxylation is 2. The van der Waals surface area contributed by atoms with Gasteiger partial charge in [-0.3, -0.25) is 0 Å². The molecular weight excluding hydrogens is 329 g/mol. The molecule has 0 N–H and O–H groups in total. The van der Waals surface area contributed by atoms with Crippen molar-refractivity contribution in [3.63, 3.8) is 0 Å². The molecule has 1 aromatic carbocycles. The first-order valence-corrected chi connectivity index (χ1v) is 8.11. The van der Waals surface area contributed by atoms with Crippen molar-refractivity contribution in [3.8, 4) is 0 Å². The van der Waals surface area contributed by atoms with E-state index < -0.39 is 0 Å². The van der Waals surface area contributed by atoms with Crippen molar-refractivity contribution in [1.29, 1.82) is 0 Å². The van der Waals surface area contributed by atoms with E-state index in [0.29, 0.717) is 0 Å². The van der Waals surface area contributed by atoms with E-state index in [4.69, 9.17) is 0 Å². The fourth-order valence-electron chi connectivity index (χ4n) is 1.97. The second kappa shape index (κ2) is 5.96. The molecule has 3 heteroatoms. The molecule has 16 heavy (non-hydrogen) atoms. The molecule has 0 amide bonds. The third-order valence-electron chi connectivity index (χ3n) is 2.81. The maximum Gasteiger partial charge on any atom is 0.235 e. The van der Waals surface area contributed by atoms with Gasteiger partial charge < -0.3 is 0 Å². The number of alkyl halides is 1. The van der Waals surface area contributed by atoms with Crippen molar-refractivity contribution in [2.45, 2.75) is 32.7 Å². The fraction of sp³-hybridized carbons (Fsp3) is 0.462. The highest BCUT2D eigenvalue weighted by Crippen LogP contribution is 2.19. The highest BCUT2D eigenvalue weighted by atomic mass is 127. The van der Waals surface area contributed by atoms with Gasteiger partial charge in [0.1, 0.15) is 11.2 Å². The van der Waals surface area contributed by atoms with Crippen LogP contribution in [0.3, 0.4) is 0 Å². The number of halogens is 1. The van der Waals surface area contributed by atoms with E-state index in [9.17, 15) is 0 Å². The Kier molecular flexibility index (Phi) is 4.58. The predicted molar refractivity (Wildman–Crippen MR) is 79.5 cm³/mol. The minimum absolute atomic E-state index is 1.17. The normalized spacial score (nSPS) is 11.1. The molecule has 1 nitrogen and oxygen atoms in total. The number of aromatic nitrogens is 1. The average molecular weight is 346 g/mol. The summed E-state index contributed by atoms with van der Waals surface area (Å²) in [5.41, 5.74) is 1.40. The summed E-state index contributed by atoms with van der Waals surface area (Å²) in [6.45, 7) is 3.40. The highest BCUT2D eigenvalue weighted by molar-refractivity contribution is 14.1. The first-order valence-electron chi connectivity index (χ1n) is 5.77. The van der Waals surface area contributed by atoms with Crippen LogP contribution in [-0.4, -0.2) is 4.43 Å². The lowest BCUT2D eigenvalue weighted by Gasteiger charge is -1.96. The van der Waals surface area contributed by atoms with Crippen LogP contribution in [0.4, 0.5) is 0 Å². The maximum atomic E-state index is 2.47. The summed E-state index contributed by atoms with van der Waals surface area (Å²) in [7, 11) is 0. The van der Waals surface area contributed by atoms with Gasteiger partial charge in [0.05, 0.1) is 0 Å². The second-order valence-electron chi connectivity index (χ2n) is 3.99. The van der Waals surface area contributed by atoms with Crippen LogP contribution in [0.15, 0.2) is 24.3 Å². The quantitative estimate of drug-likeness (QED) is 0.332. The van der Waals surface area contributed by atoms with Crippen LogP contribution in [0.25, 0.3) is 10.2 Å². The van der Waals surface area contributed by atoms with Crippen molar-refractivity contribution < 1.29 is 4.57 Å². The van der Waals surface area contributed by atoms with Crippen LogP contribution in [-0.2, 0) is 6.54 Å². The van der Waals surface area contributed by atoms with E-state index in [-0.39, 0.29) is 0 Å². The molecule has 2 rings (SSSR count). The molecule has 0 saturated heterocycles. The largest absolute Gasteiger partial charge is 0.235 e. The molecule has 1 aromatic heterocycles. The molecule has 0 spiro atoms. The molecule has 0 aliphatic carbocycles. The number of rotatable bonds is 5. The molecule has 0 unspecified atom stereocenters. The Bertz CT molecular complexity index is 464. The maximum absolute atomic E-state index is 2.47. The molecule has 0 aliphatic rings. The molecule has 1 heterocycles. The van der Waals surface area contributed by atoms with Gasteiger partial charge >= 0.3 is 0 Å².